The Kier molecular flexibility index (Phi) is 6.52. The zero-order valence-electron chi connectivity index (χ0n) is 13.5. The van der Waals surface area contributed by atoms with Crippen molar-refractivity contribution in [1.29, 1.82) is 0 Å². The summed E-state index contributed by atoms with van der Waals surface area (Å²) < 4.78 is 0. The Morgan fingerprint density at radius 3 is 2.33 bits per heavy atom. The molecule has 21 heavy (non-hydrogen) atoms. The average molecular weight is 284 g/mol. The van der Waals surface area contributed by atoms with Crippen molar-refractivity contribution in [2.45, 2.75) is 58.8 Å². The Hall–Kier alpha value is -1.57. The number of nitrogens with zero attached hydrogens (tertiary/aromatic N) is 2. The summed E-state index contributed by atoms with van der Waals surface area (Å²) in [6.07, 6.45) is 12.9. The lowest BCUT2D eigenvalue weighted by molar-refractivity contribution is 0.717. The number of benzene rings is 1. The topological polar surface area (TPSA) is 15.6 Å². The molecule has 0 amide bonds. The van der Waals surface area contributed by atoms with Crippen LogP contribution < -0.4 is 4.90 Å². The monoisotopic (exact) mass is 284 g/mol. The second-order valence-electron chi connectivity index (χ2n) is 5.82. The smallest absolute Gasteiger partial charge is 0.0955 e. The van der Waals surface area contributed by atoms with Crippen LogP contribution in [0.15, 0.2) is 41.0 Å². The second kappa shape index (κ2) is 8.66. The quantitative estimate of drug-likeness (QED) is 0.588. The minimum atomic E-state index is 0.942. The summed E-state index contributed by atoms with van der Waals surface area (Å²) in [7, 11) is 0. The highest BCUT2D eigenvalue weighted by molar-refractivity contribution is 5.81. The maximum Gasteiger partial charge on any atom is 0.0955 e. The maximum atomic E-state index is 4.57. The summed E-state index contributed by atoms with van der Waals surface area (Å²) in [6, 6.07) is 8.96. The molecule has 1 heterocycles. The molecular formula is C19H28N2. The lowest BCUT2D eigenvalue weighted by atomic mass is 10.1. The van der Waals surface area contributed by atoms with Gasteiger partial charge in [-0.25, -0.2) is 4.99 Å². The molecule has 0 unspecified atom stereocenters. The molecule has 2 nitrogen and oxygen atoms in total. The van der Waals surface area contributed by atoms with Gasteiger partial charge in [0.15, 0.2) is 0 Å². The highest BCUT2D eigenvalue weighted by Crippen LogP contribution is 2.19. The van der Waals surface area contributed by atoms with Crippen molar-refractivity contribution in [2.75, 3.05) is 11.4 Å². The molecule has 0 bridgehead atoms. The first kappa shape index (κ1) is 15.8. The minimum Gasteiger partial charge on any atom is -0.329 e. The molecule has 0 spiro atoms. The van der Waals surface area contributed by atoms with Gasteiger partial charge in [0, 0.05) is 17.9 Å². The Bertz CT molecular complexity index is 471. The summed E-state index contributed by atoms with van der Waals surface area (Å²) >= 11 is 0. The summed E-state index contributed by atoms with van der Waals surface area (Å²) in [5.41, 5.74) is 3.92. The fourth-order valence-electron chi connectivity index (χ4n) is 2.58. The third-order valence-electron chi connectivity index (χ3n) is 4.01. The normalized spacial score (nSPS) is 14.4. The van der Waals surface area contributed by atoms with E-state index in [9.17, 15) is 0 Å². The number of hydrogen-bond acceptors (Lipinski definition) is 2. The molecule has 0 aliphatic carbocycles. The summed E-state index contributed by atoms with van der Waals surface area (Å²) in [4.78, 5) is 6.78. The van der Waals surface area contributed by atoms with Gasteiger partial charge in [-0.1, -0.05) is 45.2 Å². The predicted octanol–water partition coefficient (Wildman–Crippen LogP) is 5.34. The van der Waals surface area contributed by atoms with Crippen LogP contribution in [0.2, 0.25) is 0 Å². The second-order valence-corrected chi connectivity index (χ2v) is 5.82. The van der Waals surface area contributed by atoms with Gasteiger partial charge in [-0.05, 0) is 49.5 Å². The van der Waals surface area contributed by atoms with Crippen LogP contribution in [0.4, 0.5) is 5.69 Å². The summed E-state index contributed by atoms with van der Waals surface area (Å²) in [6.45, 7) is 5.42. The zero-order valence-corrected chi connectivity index (χ0v) is 13.5. The molecule has 0 saturated heterocycles. The number of rotatable bonds is 8. The van der Waals surface area contributed by atoms with E-state index < -0.39 is 0 Å². The molecule has 114 valence electrons. The van der Waals surface area contributed by atoms with Gasteiger partial charge in [0.05, 0.1) is 6.34 Å². The minimum absolute atomic E-state index is 0.942. The standard InChI is InChI=1S/C19H28N2/c1-3-5-7-8-17-10-12-19(13-11-17)21-15-14-18(20-16-21)9-6-4-2/h10-14,16H,3-9,15H2,1-2H3. The van der Waals surface area contributed by atoms with Gasteiger partial charge in [0.25, 0.3) is 0 Å². The van der Waals surface area contributed by atoms with Crippen LogP contribution >= 0.6 is 0 Å². The van der Waals surface area contributed by atoms with Gasteiger partial charge in [-0.2, -0.15) is 0 Å². The zero-order chi connectivity index (χ0) is 14.9. The van der Waals surface area contributed by atoms with Gasteiger partial charge >= 0.3 is 0 Å². The van der Waals surface area contributed by atoms with Crippen molar-refractivity contribution in [3.63, 3.8) is 0 Å². The van der Waals surface area contributed by atoms with E-state index in [0.29, 0.717) is 0 Å². The van der Waals surface area contributed by atoms with E-state index in [2.05, 4.69) is 54.1 Å². The van der Waals surface area contributed by atoms with E-state index in [-0.39, 0.29) is 0 Å². The molecule has 0 aromatic heterocycles. The van der Waals surface area contributed by atoms with Crippen LogP contribution in [0.5, 0.6) is 0 Å². The number of anilines is 1. The molecule has 1 aromatic carbocycles. The van der Waals surface area contributed by atoms with Gasteiger partial charge in [0.1, 0.15) is 0 Å². The van der Waals surface area contributed by atoms with E-state index in [1.165, 1.54) is 55.5 Å². The fourth-order valence-corrected chi connectivity index (χ4v) is 2.58. The number of hydrogen-bond donors (Lipinski definition) is 0. The first-order valence-corrected chi connectivity index (χ1v) is 8.42. The molecule has 2 rings (SSSR count). The highest BCUT2D eigenvalue weighted by Gasteiger charge is 2.07. The van der Waals surface area contributed by atoms with Gasteiger partial charge in [0.2, 0.25) is 0 Å². The molecule has 2 heteroatoms. The summed E-state index contributed by atoms with van der Waals surface area (Å²) in [5, 5.41) is 0. The first-order valence-electron chi connectivity index (χ1n) is 8.42. The molecular weight excluding hydrogens is 256 g/mol. The fraction of sp³-hybridized carbons (Fsp3) is 0.526. The van der Waals surface area contributed by atoms with Gasteiger partial charge in [-0.15, -0.1) is 0 Å². The SMILES string of the molecule is CCCCCc1ccc(N2C=NC(CCCC)=CC2)cc1. The molecule has 0 fully saturated rings. The van der Waals surface area contributed by atoms with Crippen molar-refractivity contribution < 1.29 is 0 Å². The van der Waals surface area contributed by atoms with Gasteiger partial charge in [-0.3, -0.25) is 0 Å². The van der Waals surface area contributed by atoms with Crippen molar-refractivity contribution >= 4 is 12.0 Å². The third kappa shape index (κ3) is 5.04. The molecule has 1 aliphatic rings. The van der Waals surface area contributed by atoms with E-state index in [1.54, 1.807) is 0 Å². The average Bonchev–Trinajstić information content (AvgIpc) is 2.54. The number of aryl methyl sites for hydroxylation is 1. The Labute approximate surface area is 129 Å². The first-order chi connectivity index (χ1) is 10.3. The van der Waals surface area contributed by atoms with Crippen LogP contribution in [0.25, 0.3) is 0 Å². The Morgan fingerprint density at radius 1 is 0.952 bits per heavy atom. The third-order valence-corrected chi connectivity index (χ3v) is 4.01. The molecule has 0 saturated carbocycles. The van der Waals surface area contributed by atoms with E-state index in [1.807, 2.05) is 6.34 Å². The van der Waals surface area contributed by atoms with Crippen LogP contribution in [0.1, 0.15) is 57.9 Å². The number of aliphatic imine (C=N–C) groups is 1. The Morgan fingerprint density at radius 2 is 1.71 bits per heavy atom. The maximum absolute atomic E-state index is 4.57. The van der Waals surface area contributed by atoms with Crippen molar-refractivity contribution in [1.82, 2.24) is 0 Å². The van der Waals surface area contributed by atoms with E-state index in [4.69, 9.17) is 0 Å². The van der Waals surface area contributed by atoms with Crippen LogP contribution in [-0.4, -0.2) is 12.9 Å². The van der Waals surface area contributed by atoms with Crippen LogP contribution in [-0.2, 0) is 6.42 Å². The van der Waals surface area contributed by atoms with Crippen LogP contribution in [0.3, 0.4) is 0 Å². The van der Waals surface area contributed by atoms with Crippen molar-refractivity contribution in [2.24, 2.45) is 4.99 Å². The predicted molar refractivity (Wildman–Crippen MR) is 93.1 cm³/mol. The largest absolute Gasteiger partial charge is 0.329 e. The van der Waals surface area contributed by atoms with Gasteiger partial charge < -0.3 is 4.90 Å². The molecule has 0 radical (unpaired) electrons. The van der Waals surface area contributed by atoms with E-state index in [0.717, 1.165) is 13.0 Å². The lowest BCUT2D eigenvalue weighted by Crippen LogP contribution is -2.24. The molecule has 1 aliphatic heterocycles. The Balaban J connectivity index is 1.86. The highest BCUT2D eigenvalue weighted by atomic mass is 15.2. The van der Waals surface area contributed by atoms with Crippen LogP contribution in [0, 0.1) is 0 Å². The molecule has 0 N–H and O–H groups in total. The summed E-state index contributed by atoms with van der Waals surface area (Å²) in [5.74, 6) is 0. The molecule has 0 atom stereocenters. The molecule has 1 aromatic rings. The lowest BCUT2D eigenvalue weighted by Gasteiger charge is -2.22. The van der Waals surface area contributed by atoms with Crippen molar-refractivity contribution in [3.8, 4) is 0 Å². The van der Waals surface area contributed by atoms with Crippen molar-refractivity contribution in [3.05, 3.63) is 41.6 Å². The number of allylic oxidation sites excluding steroid dienone is 1. The number of unbranched alkanes of at least 4 members (excludes halogenated alkanes) is 3. The van der Waals surface area contributed by atoms with E-state index >= 15 is 0 Å².